The summed E-state index contributed by atoms with van der Waals surface area (Å²) in [6.45, 7) is 10.8. The van der Waals surface area contributed by atoms with Crippen LogP contribution in [0.15, 0.2) is 24.3 Å². The molecule has 1 N–H and O–H groups in total. The van der Waals surface area contributed by atoms with Crippen molar-refractivity contribution in [3.05, 3.63) is 34.9 Å². The molecule has 2 fully saturated rings. The molecule has 1 aliphatic heterocycles. The average molecular weight is 464 g/mol. The summed E-state index contributed by atoms with van der Waals surface area (Å²) in [4.78, 5) is 0. The minimum atomic E-state index is -3.05. The van der Waals surface area contributed by atoms with Crippen LogP contribution >= 0.6 is 19.2 Å². The van der Waals surface area contributed by atoms with E-state index in [0.717, 1.165) is 37.7 Å². The molecule has 0 unspecified atom stereocenters. The van der Waals surface area contributed by atoms with Gasteiger partial charge in [-0.25, -0.2) is 14.4 Å². The van der Waals surface area contributed by atoms with Crippen LogP contribution in [0.4, 0.5) is 0 Å². The largest absolute Gasteiger partial charge is 0.286 e. The first-order chi connectivity index (χ1) is 14.8. The topological polar surface area (TPSA) is 35.6 Å². The average Bonchev–Trinajstić information content (AvgIpc) is 2.98. The summed E-state index contributed by atoms with van der Waals surface area (Å²) in [6.07, 6.45) is 7.66. The number of nitrogens with zero attached hydrogens (tertiary/aromatic N) is 2. The van der Waals surface area contributed by atoms with Crippen LogP contribution in [-0.4, -0.2) is 33.5 Å². The first-order valence-electron chi connectivity index (χ1n) is 12.0. The minimum absolute atomic E-state index is 0.188. The van der Waals surface area contributed by atoms with Crippen molar-refractivity contribution in [1.29, 1.82) is 0 Å². The fourth-order valence-electron chi connectivity index (χ4n) is 5.25. The summed E-state index contributed by atoms with van der Waals surface area (Å²) in [5.41, 5.74) is 0.908. The molecule has 1 aliphatic carbocycles. The number of hydrogen-bond acceptors (Lipinski definition) is 1. The predicted molar refractivity (Wildman–Crippen MR) is 132 cm³/mol. The Hall–Kier alpha value is -0.820. The molecule has 6 heteroatoms. The fraction of sp³-hybridized carbons (Fsp3) is 0.680. The first kappa shape index (κ1) is 24.8. The highest BCUT2D eigenvalue weighted by Crippen LogP contribution is 2.63. The number of rotatable bonds is 7. The monoisotopic (exact) mass is 463 g/mol. The van der Waals surface area contributed by atoms with Gasteiger partial charge in [0.15, 0.2) is 0 Å². The van der Waals surface area contributed by atoms with E-state index in [1.807, 2.05) is 24.3 Å². The minimum Gasteiger partial charge on any atom is -0.270 e. The third-order valence-electron chi connectivity index (χ3n) is 6.47. The molecule has 3 atom stereocenters. The number of halogens is 1. The highest BCUT2D eigenvalue weighted by molar-refractivity contribution is 7.57. The summed E-state index contributed by atoms with van der Waals surface area (Å²) in [6, 6.07) is 8.48. The smallest absolute Gasteiger partial charge is 0.270 e. The molecule has 0 spiro atoms. The van der Waals surface area contributed by atoms with Gasteiger partial charge in [-0.3, -0.25) is 4.57 Å². The van der Waals surface area contributed by atoms with E-state index in [2.05, 4.69) is 60.9 Å². The lowest BCUT2D eigenvalue weighted by Gasteiger charge is -2.37. The summed E-state index contributed by atoms with van der Waals surface area (Å²) in [5, 5.41) is 4.26. The Morgan fingerprint density at radius 1 is 1.10 bits per heavy atom. The molecule has 1 saturated heterocycles. The van der Waals surface area contributed by atoms with Gasteiger partial charge >= 0.3 is 0 Å². The lowest BCUT2D eigenvalue weighted by molar-refractivity contribution is 0.173. The van der Waals surface area contributed by atoms with Gasteiger partial charge in [0.05, 0.1) is 0 Å². The molecular formula is C25H39ClN3OP. The Balaban J connectivity index is 2.04. The van der Waals surface area contributed by atoms with Crippen LogP contribution in [0.25, 0.3) is 0 Å². The predicted octanol–water partition coefficient (Wildman–Crippen LogP) is 7.02. The summed E-state index contributed by atoms with van der Waals surface area (Å²) in [5.74, 6) is 6.72. The van der Waals surface area contributed by atoms with E-state index < -0.39 is 7.59 Å². The molecule has 0 amide bonds. The van der Waals surface area contributed by atoms with Crippen LogP contribution in [0.5, 0.6) is 0 Å². The van der Waals surface area contributed by atoms with Gasteiger partial charge in [0.25, 0.3) is 7.59 Å². The second kappa shape index (κ2) is 10.9. The van der Waals surface area contributed by atoms with Crippen molar-refractivity contribution in [3.63, 3.8) is 0 Å². The van der Waals surface area contributed by atoms with Crippen molar-refractivity contribution < 1.29 is 4.57 Å². The lowest BCUT2D eigenvalue weighted by Crippen LogP contribution is -2.43. The summed E-state index contributed by atoms with van der Waals surface area (Å²) >= 11 is 6.59. The Bertz CT molecular complexity index is 819. The standard InChI is InChI=1S/C25H39ClN3OP/c1-6-7-8-9-16-23(21-14-10-11-15-22(21)26)27-31(30)28(19(2)3)24-17-12-13-18-25(24)29(31)20(4)5/h10-11,14-15,19-20,23-25H,6-8,12-13,17-18H2,1-5H3,(H,27,30)/t23-,24+,25+/m0/s1. The van der Waals surface area contributed by atoms with E-state index in [4.69, 9.17) is 11.6 Å². The number of benzene rings is 1. The van der Waals surface area contributed by atoms with Crippen molar-refractivity contribution in [2.45, 2.75) is 110 Å². The van der Waals surface area contributed by atoms with Crippen LogP contribution in [0.2, 0.25) is 5.02 Å². The molecule has 1 heterocycles. The normalized spacial score (nSPS) is 24.8. The zero-order valence-electron chi connectivity index (χ0n) is 19.8. The number of fused-ring (bicyclic) bond motifs is 1. The zero-order chi connectivity index (χ0) is 22.6. The Kier molecular flexibility index (Phi) is 8.70. The maximum absolute atomic E-state index is 14.9. The maximum Gasteiger partial charge on any atom is 0.286 e. The zero-order valence-corrected chi connectivity index (χ0v) is 21.4. The number of hydrogen-bond donors (Lipinski definition) is 1. The van der Waals surface area contributed by atoms with Gasteiger partial charge in [-0.15, -0.1) is 5.92 Å². The van der Waals surface area contributed by atoms with Gasteiger partial charge in [0.1, 0.15) is 6.04 Å². The highest BCUT2D eigenvalue weighted by Gasteiger charge is 2.57. The first-order valence-corrected chi connectivity index (χ1v) is 14.0. The Morgan fingerprint density at radius 3 is 2.19 bits per heavy atom. The van der Waals surface area contributed by atoms with Crippen LogP contribution in [0, 0.1) is 11.8 Å². The molecule has 1 aromatic rings. The van der Waals surface area contributed by atoms with E-state index in [0.29, 0.717) is 17.1 Å². The molecule has 3 rings (SSSR count). The van der Waals surface area contributed by atoms with Crippen molar-refractivity contribution in [2.24, 2.45) is 0 Å². The van der Waals surface area contributed by atoms with Crippen molar-refractivity contribution in [3.8, 4) is 11.8 Å². The Morgan fingerprint density at radius 2 is 1.68 bits per heavy atom. The van der Waals surface area contributed by atoms with Crippen LogP contribution in [0.1, 0.15) is 91.2 Å². The maximum atomic E-state index is 14.9. The van der Waals surface area contributed by atoms with Gasteiger partial charge in [0.2, 0.25) is 0 Å². The van der Waals surface area contributed by atoms with Crippen LogP contribution in [-0.2, 0) is 4.57 Å². The van der Waals surface area contributed by atoms with E-state index in [1.54, 1.807) is 0 Å². The lowest BCUT2D eigenvalue weighted by atomic mass is 9.89. The molecule has 0 aromatic heterocycles. The van der Waals surface area contributed by atoms with E-state index in [-0.39, 0.29) is 18.1 Å². The van der Waals surface area contributed by atoms with Crippen molar-refractivity contribution in [2.75, 3.05) is 0 Å². The fourth-order valence-corrected chi connectivity index (χ4v) is 9.14. The molecule has 1 saturated carbocycles. The number of nitrogens with one attached hydrogen (secondary N) is 1. The number of unbranched alkanes of at least 4 members (excludes halogenated alkanes) is 2. The van der Waals surface area contributed by atoms with Crippen molar-refractivity contribution >= 4 is 19.2 Å². The van der Waals surface area contributed by atoms with Crippen LogP contribution in [0.3, 0.4) is 0 Å². The summed E-state index contributed by atoms with van der Waals surface area (Å²) in [7, 11) is -3.05. The second-order valence-electron chi connectivity index (χ2n) is 9.42. The molecule has 4 nitrogen and oxygen atoms in total. The molecule has 172 valence electrons. The molecule has 31 heavy (non-hydrogen) atoms. The molecular weight excluding hydrogens is 425 g/mol. The third kappa shape index (κ3) is 5.23. The van der Waals surface area contributed by atoms with Crippen molar-refractivity contribution in [1.82, 2.24) is 14.4 Å². The van der Waals surface area contributed by atoms with Gasteiger partial charge in [-0.1, -0.05) is 61.9 Å². The Labute approximate surface area is 194 Å². The highest BCUT2D eigenvalue weighted by atomic mass is 35.5. The van der Waals surface area contributed by atoms with Crippen LogP contribution < -0.4 is 5.09 Å². The van der Waals surface area contributed by atoms with Gasteiger partial charge < -0.3 is 0 Å². The van der Waals surface area contributed by atoms with Gasteiger partial charge in [-0.2, -0.15) is 0 Å². The van der Waals surface area contributed by atoms with Gasteiger partial charge in [-0.05, 0) is 53.0 Å². The van der Waals surface area contributed by atoms with Gasteiger partial charge in [0, 0.05) is 41.2 Å². The molecule has 0 radical (unpaired) electrons. The molecule has 2 aliphatic rings. The third-order valence-corrected chi connectivity index (χ3v) is 10.2. The SMILES string of the molecule is CCCCC#C[C@H](NP1(=O)N(C(C)C)[C@@H]2CCCC[C@H]2N1C(C)C)c1ccccc1Cl. The molecule has 1 aromatic carbocycles. The van der Waals surface area contributed by atoms with E-state index >= 15 is 0 Å². The van der Waals surface area contributed by atoms with E-state index in [1.165, 1.54) is 12.8 Å². The van der Waals surface area contributed by atoms with E-state index in [9.17, 15) is 4.57 Å². The quantitative estimate of drug-likeness (QED) is 0.268. The molecule has 0 bridgehead atoms. The second-order valence-corrected chi connectivity index (χ2v) is 12.1. The summed E-state index contributed by atoms with van der Waals surface area (Å²) < 4.78 is 19.5.